The molecule has 5 atom stereocenters. The summed E-state index contributed by atoms with van der Waals surface area (Å²) in [5, 5.41) is 0. The predicted molar refractivity (Wildman–Crippen MR) is 99.2 cm³/mol. The Morgan fingerprint density at radius 2 is 1.66 bits per heavy atom. The highest BCUT2D eigenvalue weighted by Crippen LogP contribution is 2.47. The summed E-state index contributed by atoms with van der Waals surface area (Å²) in [5.74, 6) is -2.26. The normalized spacial score (nSPS) is 29.9. The van der Waals surface area contributed by atoms with Crippen molar-refractivity contribution in [1.29, 1.82) is 0 Å². The number of fused-ring (bicyclic) bond motifs is 1. The lowest BCUT2D eigenvalue weighted by molar-refractivity contribution is -0.204. The second-order valence-electron chi connectivity index (χ2n) is 7.00. The Morgan fingerprint density at radius 1 is 0.966 bits per heavy atom. The van der Waals surface area contributed by atoms with Crippen LogP contribution in [0.5, 0.6) is 0 Å². The van der Waals surface area contributed by atoms with Crippen molar-refractivity contribution in [3.63, 3.8) is 0 Å². The molecule has 3 rings (SSSR count). The monoisotopic (exact) mass is 404 g/mol. The van der Waals surface area contributed by atoms with Gasteiger partial charge in [-0.3, -0.25) is 14.4 Å². The van der Waals surface area contributed by atoms with Gasteiger partial charge in [0.25, 0.3) is 0 Å². The standard InChI is InChI=1S/C21H24O8/c1-13(22)26-19-20(27-14(2)23)28-18-10-9-17(21(18,19)29-15(3)24)12-25-11-16-7-5-4-6-8-16/h4-10,17-20H,11-12H2,1-3H3/t17-,18-,19+,20?,21-/m1/s1. The fraction of sp³-hybridized carbons (Fsp3) is 0.476. The van der Waals surface area contributed by atoms with Crippen molar-refractivity contribution in [2.75, 3.05) is 6.61 Å². The van der Waals surface area contributed by atoms with Crippen LogP contribution in [0.3, 0.4) is 0 Å². The Labute approximate surface area is 168 Å². The zero-order chi connectivity index (χ0) is 21.0. The molecule has 0 amide bonds. The third kappa shape index (κ3) is 4.49. The lowest BCUT2D eigenvalue weighted by Crippen LogP contribution is -2.56. The van der Waals surface area contributed by atoms with Crippen molar-refractivity contribution in [1.82, 2.24) is 0 Å². The van der Waals surface area contributed by atoms with Gasteiger partial charge in [0, 0.05) is 26.7 Å². The fourth-order valence-electron chi connectivity index (χ4n) is 3.78. The summed E-state index contributed by atoms with van der Waals surface area (Å²) in [7, 11) is 0. The largest absolute Gasteiger partial charge is 0.451 e. The van der Waals surface area contributed by atoms with E-state index in [-0.39, 0.29) is 6.61 Å². The second kappa shape index (κ2) is 8.75. The molecule has 0 aromatic heterocycles. The van der Waals surface area contributed by atoms with Crippen LogP contribution in [-0.2, 0) is 44.7 Å². The molecule has 29 heavy (non-hydrogen) atoms. The lowest BCUT2D eigenvalue weighted by atomic mass is 9.84. The fourth-order valence-corrected chi connectivity index (χ4v) is 3.78. The summed E-state index contributed by atoms with van der Waals surface area (Å²) in [6, 6.07) is 9.61. The van der Waals surface area contributed by atoms with E-state index in [9.17, 15) is 14.4 Å². The van der Waals surface area contributed by atoms with E-state index in [1.165, 1.54) is 20.8 Å². The number of hydrogen-bond acceptors (Lipinski definition) is 8. The molecule has 156 valence electrons. The van der Waals surface area contributed by atoms with E-state index < -0.39 is 47.9 Å². The first kappa shape index (κ1) is 21.0. The first-order valence-electron chi connectivity index (χ1n) is 9.32. The zero-order valence-corrected chi connectivity index (χ0v) is 16.5. The third-order valence-electron chi connectivity index (χ3n) is 4.82. The minimum atomic E-state index is -1.38. The van der Waals surface area contributed by atoms with Gasteiger partial charge in [-0.2, -0.15) is 0 Å². The third-order valence-corrected chi connectivity index (χ3v) is 4.82. The van der Waals surface area contributed by atoms with Crippen molar-refractivity contribution in [2.45, 2.75) is 51.5 Å². The first-order chi connectivity index (χ1) is 13.8. The van der Waals surface area contributed by atoms with Crippen LogP contribution >= 0.6 is 0 Å². The molecule has 1 aromatic rings. The number of ether oxygens (including phenoxy) is 5. The maximum Gasteiger partial charge on any atom is 0.305 e. The predicted octanol–water partition coefficient (Wildman–Crippen LogP) is 1.91. The molecule has 1 heterocycles. The molecule has 1 unspecified atom stereocenters. The van der Waals surface area contributed by atoms with Crippen molar-refractivity contribution in [2.24, 2.45) is 5.92 Å². The molecular weight excluding hydrogens is 380 g/mol. The summed E-state index contributed by atoms with van der Waals surface area (Å²) >= 11 is 0. The molecule has 8 nitrogen and oxygen atoms in total. The summed E-state index contributed by atoms with van der Waals surface area (Å²) in [5.41, 5.74) is -0.390. The highest BCUT2D eigenvalue weighted by atomic mass is 16.8. The summed E-state index contributed by atoms with van der Waals surface area (Å²) in [6.45, 7) is 4.25. The summed E-state index contributed by atoms with van der Waals surface area (Å²) in [4.78, 5) is 35.2. The highest BCUT2D eigenvalue weighted by Gasteiger charge is 2.67. The Hall–Kier alpha value is -2.71. The minimum absolute atomic E-state index is 0.184. The van der Waals surface area contributed by atoms with E-state index in [4.69, 9.17) is 23.7 Å². The maximum atomic E-state index is 11.9. The Morgan fingerprint density at radius 3 is 2.28 bits per heavy atom. The van der Waals surface area contributed by atoms with Crippen LogP contribution < -0.4 is 0 Å². The topological polar surface area (TPSA) is 97.4 Å². The van der Waals surface area contributed by atoms with Crippen molar-refractivity contribution in [3.8, 4) is 0 Å². The van der Waals surface area contributed by atoms with Gasteiger partial charge in [0.15, 0.2) is 5.60 Å². The van der Waals surface area contributed by atoms with Crippen molar-refractivity contribution in [3.05, 3.63) is 48.0 Å². The van der Waals surface area contributed by atoms with Gasteiger partial charge in [-0.25, -0.2) is 0 Å². The molecule has 1 aliphatic heterocycles. The molecule has 0 N–H and O–H groups in total. The Balaban J connectivity index is 1.83. The van der Waals surface area contributed by atoms with Gasteiger partial charge in [-0.1, -0.05) is 42.5 Å². The molecule has 2 aliphatic rings. The molecular formula is C21H24O8. The quantitative estimate of drug-likeness (QED) is 0.386. The smallest absolute Gasteiger partial charge is 0.305 e. The number of rotatable bonds is 7. The average Bonchev–Trinajstić information content (AvgIpc) is 3.10. The molecule has 8 heteroatoms. The van der Waals surface area contributed by atoms with Crippen LogP contribution in [0, 0.1) is 5.92 Å². The second-order valence-corrected chi connectivity index (χ2v) is 7.00. The van der Waals surface area contributed by atoms with Gasteiger partial charge in [0.05, 0.1) is 13.2 Å². The number of carbonyl (C=O) groups is 3. The summed E-state index contributed by atoms with van der Waals surface area (Å²) < 4.78 is 27.9. The molecule has 0 bridgehead atoms. The number of hydrogen-bond donors (Lipinski definition) is 0. The van der Waals surface area contributed by atoms with E-state index in [0.29, 0.717) is 6.61 Å². The lowest BCUT2D eigenvalue weighted by Gasteiger charge is -2.37. The Bertz CT molecular complexity index is 789. The molecule has 1 saturated heterocycles. The molecule has 1 aliphatic carbocycles. The highest BCUT2D eigenvalue weighted by molar-refractivity contribution is 5.69. The van der Waals surface area contributed by atoms with Crippen LogP contribution in [0.25, 0.3) is 0 Å². The number of esters is 3. The van der Waals surface area contributed by atoms with Crippen LogP contribution in [0.2, 0.25) is 0 Å². The van der Waals surface area contributed by atoms with Gasteiger partial charge >= 0.3 is 17.9 Å². The van der Waals surface area contributed by atoms with Crippen LogP contribution in [-0.4, -0.2) is 48.6 Å². The molecule has 0 spiro atoms. The summed E-state index contributed by atoms with van der Waals surface area (Å²) in [6.07, 6.45) is 0.448. The zero-order valence-electron chi connectivity index (χ0n) is 16.5. The van der Waals surface area contributed by atoms with E-state index in [2.05, 4.69) is 0 Å². The molecule has 0 saturated carbocycles. The molecule has 1 fully saturated rings. The van der Waals surface area contributed by atoms with E-state index in [1.807, 2.05) is 30.3 Å². The van der Waals surface area contributed by atoms with Gasteiger partial charge in [0.1, 0.15) is 6.10 Å². The van der Waals surface area contributed by atoms with Gasteiger partial charge in [0.2, 0.25) is 12.4 Å². The van der Waals surface area contributed by atoms with Crippen molar-refractivity contribution < 1.29 is 38.1 Å². The van der Waals surface area contributed by atoms with Gasteiger partial charge < -0.3 is 23.7 Å². The van der Waals surface area contributed by atoms with E-state index in [1.54, 1.807) is 12.2 Å². The molecule has 1 aromatic carbocycles. The van der Waals surface area contributed by atoms with Crippen LogP contribution in [0.1, 0.15) is 26.3 Å². The average molecular weight is 404 g/mol. The van der Waals surface area contributed by atoms with Crippen molar-refractivity contribution >= 4 is 17.9 Å². The first-order valence-corrected chi connectivity index (χ1v) is 9.32. The van der Waals surface area contributed by atoms with E-state index >= 15 is 0 Å². The minimum Gasteiger partial charge on any atom is -0.451 e. The Kier molecular flexibility index (Phi) is 6.34. The van der Waals surface area contributed by atoms with Crippen LogP contribution in [0.4, 0.5) is 0 Å². The van der Waals surface area contributed by atoms with E-state index in [0.717, 1.165) is 5.56 Å². The maximum absolute atomic E-state index is 11.9. The van der Waals surface area contributed by atoms with Gasteiger partial charge in [-0.15, -0.1) is 0 Å². The number of carbonyl (C=O) groups excluding carboxylic acids is 3. The van der Waals surface area contributed by atoms with Crippen LogP contribution in [0.15, 0.2) is 42.5 Å². The SMILES string of the molecule is CC(=O)OC1O[C@@H]2C=C[C@H](COCc3ccccc3)[C@]2(OC(C)=O)[C@H]1OC(C)=O. The number of benzene rings is 1. The molecule has 0 radical (unpaired) electrons. The van der Waals surface area contributed by atoms with Gasteiger partial charge in [-0.05, 0) is 5.56 Å².